The smallest absolute Gasteiger partial charge is 0.326 e. The monoisotopic (exact) mass is 226 g/mol. The molecule has 1 saturated heterocycles. The number of nitrogens with zero attached hydrogens (tertiary/aromatic N) is 2. The van der Waals surface area contributed by atoms with E-state index in [1.54, 1.807) is 0 Å². The molecule has 16 heavy (non-hydrogen) atoms. The number of hydrogen-bond acceptors (Lipinski definition) is 3. The number of aliphatic hydroxyl groups excluding tert-OH is 1. The Morgan fingerprint density at radius 1 is 1.62 bits per heavy atom. The SMILES string of the molecule is C#CCN(C)C(=O)N1C[C@H](O)C[C@@H]1C(=O)O. The van der Waals surface area contributed by atoms with Crippen molar-refractivity contribution in [1.82, 2.24) is 9.80 Å². The molecule has 0 aromatic heterocycles. The number of rotatable bonds is 2. The lowest BCUT2D eigenvalue weighted by atomic mass is 10.2. The molecular formula is C10H14N2O4. The zero-order valence-corrected chi connectivity index (χ0v) is 8.96. The van der Waals surface area contributed by atoms with Crippen molar-refractivity contribution in [1.29, 1.82) is 0 Å². The number of carbonyl (C=O) groups excluding carboxylic acids is 1. The standard InChI is InChI=1S/C10H14N2O4/c1-3-4-11(2)10(16)12-6-7(13)5-8(12)9(14)15/h1,7-8,13H,4-6H2,2H3,(H,14,15)/t7-,8-/m1/s1. The van der Waals surface area contributed by atoms with Crippen LogP contribution >= 0.6 is 0 Å². The number of likely N-dealkylation sites (tertiary alicyclic amines) is 1. The second-order valence-corrected chi connectivity index (χ2v) is 3.74. The molecule has 1 heterocycles. The molecule has 0 unspecified atom stereocenters. The second-order valence-electron chi connectivity index (χ2n) is 3.74. The van der Waals surface area contributed by atoms with Gasteiger partial charge in [0, 0.05) is 20.0 Å². The molecule has 2 amide bonds. The summed E-state index contributed by atoms with van der Waals surface area (Å²) in [5.74, 6) is 1.18. The van der Waals surface area contributed by atoms with Crippen LogP contribution in [-0.2, 0) is 4.79 Å². The van der Waals surface area contributed by atoms with Gasteiger partial charge in [0.15, 0.2) is 0 Å². The van der Waals surface area contributed by atoms with Crippen molar-refractivity contribution in [2.75, 3.05) is 20.1 Å². The third-order valence-electron chi connectivity index (χ3n) is 2.46. The molecule has 0 saturated carbocycles. The highest BCUT2D eigenvalue weighted by atomic mass is 16.4. The summed E-state index contributed by atoms with van der Waals surface area (Å²) in [4.78, 5) is 25.0. The van der Waals surface area contributed by atoms with Crippen molar-refractivity contribution in [2.24, 2.45) is 0 Å². The summed E-state index contributed by atoms with van der Waals surface area (Å²) >= 11 is 0. The zero-order chi connectivity index (χ0) is 12.3. The molecule has 2 N–H and O–H groups in total. The molecule has 0 bridgehead atoms. The molecule has 88 valence electrons. The van der Waals surface area contributed by atoms with Crippen LogP contribution in [0.25, 0.3) is 0 Å². The topological polar surface area (TPSA) is 81.1 Å². The highest BCUT2D eigenvalue weighted by Gasteiger charge is 2.39. The highest BCUT2D eigenvalue weighted by Crippen LogP contribution is 2.19. The number of carboxylic acids is 1. The number of hydrogen-bond donors (Lipinski definition) is 2. The van der Waals surface area contributed by atoms with Crippen LogP contribution in [0.3, 0.4) is 0 Å². The van der Waals surface area contributed by atoms with E-state index in [0.29, 0.717) is 0 Å². The maximum absolute atomic E-state index is 11.8. The lowest BCUT2D eigenvalue weighted by Gasteiger charge is -2.26. The second kappa shape index (κ2) is 4.86. The first-order valence-electron chi connectivity index (χ1n) is 4.83. The molecule has 6 nitrogen and oxygen atoms in total. The minimum atomic E-state index is -1.11. The maximum atomic E-state index is 11.8. The van der Waals surface area contributed by atoms with Crippen molar-refractivity contribution >= 4 is 12.0 Å². The van der Waals surface area contributed by atoms with E-state index >= 15 is 0 Å². The largest absolute Gasteiger partial charge is 0.480 e. The van der Waals surface area contributed by atoms with Crippen LogP contribution in [0.2, 0.25) is 0 Å². The van der Waals surface area contributed by atoms with Gasteiger partial charge in [0.1, 0.15) is 6.04 Å². The summed E-state index contributed by atoms with van der Waals surface area (Å²) in [6.45, 7) is 0.141. The molecule has 0 radical (unpaired) electrons. The Labute approximate surface area is 93.4 Å². The Kier molecular flexibility index (Phi) is 3.74. The maximum Gasteiger partial charge on any atom is 0.326 e. The average Bonchev–Trinajstić information content (AvgIpc) is 2.59. The fraction of sp³-hybridized carbons (Fsp3) is 0.600. The molecular weight excluding hydrogens is 212 g/mol. The predicted octanol–water partition coefficient (Wildman–Crippen LogP) is -0.809. The van der Waals surface area contributed by atoms with E-state index in [0.717, 1.165) is 4.90 Å². The van der Waals surface area contributed by atoms with Gasteiger partial charge in [-0.3, -0.25) is 0 Å². The Morgan fingerprint density at radius 2 is 2.25 bits per heavy atom. The molecule has 0 aliphatic carbocycles. The zero-order valence-electron chi connectivity index (χ0n) is 8.96. The lowest BCUT2D eigenvalue weighted by Crippen LogP contribution is -2.46. The van der Waals surface area contributed by atoms with Gasteiger partial charge in [-0.15, -0.1) is 6.42 Å². The third-order valence-corrected chi connectivity index (χ3v) is 2.46. The van der Waals surface area contributed by atoms with Gasteiger partial charge in [0.25, 0.3) is 0 Å². The summed E-state index contributed by atoms with van der Waals surface area (Å²) in [5.41, 5.74) is 0. The Bertz CT molecular complexity index is 336. The fourth-order valence-corrected chi connectivity index (χ4v) is 1.68. The third kappa shape index (κ3) is 2.44. The van der Waals surface area contributed by atoms with Crippen LogP contribution in [0.5, 0.6) is 0 Å². The summed E-state index contributed by atoms with van der Waals surface area (Å²) in [6.07, 6.45) is 4.33. The molecule has 1 aliphatic rings. The van der Waals surface area contributed by atoms with Gasteiger partial charge in [-0.1, -0.05) is 5.92 Å². The van der Waals surface area contributed by atoms with Gasteiger partial charge in [-0.2, -0.15) is 0 Å². The summed E-state index contributed by atoms with van der Waals surface area (Å²) in [6, 6.07) is -1.44. The molecule has 1 rings (SSSR count). The van der Waals surface area contributed by atoms with Gasteiger partial charge in [-0.25, -0.2) is 9.59 Å². The van der Waals surface area contributed by atoms with Crippen LogP contribution in [-0.4, -0.2) is 64.3 Å². The minimum Gasteiger partial charge on any atom is -0.480 e. The van der Waals surface area contributed by atoms with E-state index in [1.807, 2.05) is 0 Å². The summed E-state index contributed by atoms with van der Waals surface area (Å²) < 4.78 is 0. The quantitative estimate of drug-likeness (QED) is 0.603. The first-order chi connectivity index (χ1) is 7.47. The van der Waals surface area contributed by atoms with E-state index in [2.05, 4.69) is 5.92 Å². The summed E-state index contributed by atoms with van der Waals surface area (Å²) in [7, 11) is 1.49. The first kappa shape index (κ1) is 12.3. The first-order valence-corrected chi connectivity index (χ1v) is 4.83. The van der Waals surface area contributed by atoms with E-state index in [4.69, 9.17) is 11.5 Å². The van der Waals surface area contributed by atoms with E-state index in [1.165, 1.54) is 11.9 Å². The molecule has 1 aliphatic heterocycles. The average molecular weight is 226 g/mol. The van der Waals surface area contributed by atoms with Crippen LogP contribution in [0, 0.1) is 12.3 Å². The number of aliphatic hydroxyl groups is 1. The van der Waals surface area contributed by atoms with Gasteiger partial charge >= 0.3 is 12.0 Å². The Morgan fingerprint density at radius 3 is 2.75 bits per heavy atom. The molecule has 0 aromatic rings. The van der Waals surface area contributed by atoms with Gasteiger partial charge in [-0.05, 0) is 0 Å². The van der Waals surface area contributed by atoms with Gasteiger partial charge in [0.2, 0.25) is 0 Å². The Balaban J connectivity index is 2.75. The normalized spacial score (nSPS) is 23.9. The number of terminal acetylenes is 1. The van der Waals surface area contributed by atoms with Crippen LogP contribution in [0.1, 0.15) is 6.42 Å². The number of aliphatic carboxylic acids is 1. The lowest BCUT2D eigenvalue weighted by molar-refractivity contribution is -0.141. The van der Waals surface area contributed by atoms with Crippen molar-refractivity contribution < 1.29 is 19.8 Å². The predicted molar refractivity (Wildman–Crippen MR) is 55.6 cm³/mol. The number of carbonyl (C=O) groups is 2. The Hall–Kier alpha value is -1.74. The number of β-amino-alcohol motifs (C(OH)–C–C–N with tert-alkyl or cyclic N) is 1. The van der Waals surface area contributed by atoms with E-state index in [9.17, 15) is 14.7 Å². The number of urea groups is 1. The van der Waals surface area contributed by atoms with Crippen molar-refractivity contribution in [2.45, 2.75) is 18.6 Å². The van der Waals surface area contributed by atoms with Crippen LogP contribution in [0.15, 0.2) is 0 Å². The van der Waals surface area contributed by atoms with Crippen molar-refractivity contribution in [3.05, 3.63) is 0 Å². The molecule has 1 fully saturated rings. The van der Waals surface area contributed by atoms with Crippen molar-refractivity contribution in [3.63, 3.8) is 0 Å². The molecule has 0 spiro atoms. The summed E-state index contributed by atoms with van der Waals surface area (Å²) in [5, 5.41) is 18.3. The van der Waals surface area contributed by atoms with Crippen molar-refractivity contribution in [3.8, 4) is 12.3 Å². The number of carboxylic acid groups (broad SMARTS) is 1. The molecule has 6 heteroatoms. The molecule has 0 aromatic carbocycles. The van der Waals surface area contributed by atoms with E-state index < -0.39 is 24.1 Å². The van der Waals surface area contributed by atoms with Crippen LogP contribution in [0.4, 0.5) is 4.79 Å². The van der Waals surface area contributed by atoms with Crippen LogP contribution < -0.4 is 0 Å². The minimum absolute atomic E-state index is 0.0325. The molecule has 2 atom stereocenters. The van der Waals surface area contributed by atoms with Gasteiger partial charge in [0.05, 0.1) is 12.6 Å². The van der Waals surface area contributed by atoms with Gasteiger partial charge < -0.3 is 20.0 Å². The number of amides is 2. The fourth-order valence-electron chi connectivity index (χ4n) is 1.68. The highest BCUT2D eigenvalue weighted by molar-refractivity contribution is 5.83. The van der Waals surface area contributed by atoms with E-state index in [-0.39, 0.29) is 19.5 Å².